The second-order valence-electron chi connectivity index (χ2n) is 15.2. The van der Waals surface area contributed by atoms with Crippen molar-refractivity contribution >= 4 is 5.97 Å². The van der Waals surface area contributed by atoms with Crippen LogP contribution in [0.15, 0.2) is 12.2 Å². The Kier molecular flexibility index (Phi) is 5.75. The monoisotopic (exact) mass is 468 g/mol. The maximum absolute atomic E-state index is 11.9. The van der Waals surface area contributed by atoms with Crippen LogP contribution in [0.25, 0.3) is 0 Å². The van der Waals surface area contributed by atoms with Crippen LogP contribution in [0, 0.1) is 56.7 Å². The highest BCUT2D eigenvalue weighted by Gasteiger charge is 2.70. The minimum atomic E-state index is -0.109. The van der Waals surface area contributed by atoms with E-state index in [4.69, 9.17) is 4.74 Å². The predicted molar refractivity (Wildman–Crippen MR) is 140 cm³/mol. The third kappa shape index (κ3) is 3.21. The molecule has 5 fully saturated rings. The van der Waals surface area contributed by atoms with Crippen LogP contribution in [-0.2, 0) is 9.53 Å². The molecule has 2 nitrogen and oxygen atoms in total. The zero-order valence-electron chi connectivity index (χ0n) is 23.4. The van der Waals surface area contributed by atoms with E-state index in [1.165, 1.54) is 76.2 Å². The lowest BCUT2D eigenvalue weighted by Gasteiger charge is -2.72. The molecule has 0 heterocycles. The van der Waals surface area contributed by atoms with E-state index in [0.717, 1.165) is 17.8 Å². The van der Waals surface area contributed by atoms with Crippen molar-refractivity contribution in [1.82, 2.24) is 0 Å². The summed E-state index contributed by atoms with van der Waals surface area (Å²) in [6.07, 6.45) is 14.9. The number of esters is 1. The summed E-state index contributed by atoms with van der Waals surface area (Å²) in [5.41, 5.74) is 3.35. The van der Waals surface area contributed by atoms with Crippen LogP contribution in [0.2, 0.25) is 0 Å². The smallest absolute Gasteiger partial charge is 0.302 e. The number of rotatable bonds is 3. The van der Waals surface area contributed by atoms with Gasteiger partial charge in [0.25, 0.3) is 0 Å². The van der Waals surface area contributed by atoms with E-state index in [0.29, 0.717) is 40.1 Å². The van der Waals surface area contributed by atoms with Crippen molar-refractivity contribution in [3.05, 3.63) is 12.2 Å². The maximum atomic E-state index is 11.9. The van der Waals surface area contributed by atoms with Gasteiger partial charge in [0.1, 0.15) is 0 Å². The summed E-state index contributed by atoms with van der Waals surface area (Å²) in [6.45, 7) is 22.3. The maximum Gasteiger partial charge on any atom is 0.302 e. The molecule has 0 aliphatic heterocycles. The van der Waals surface area contributed by atoms with Gasteiger partial charge < -0.3 is 4.74 Å². The molecular formula is C32H52O2. The van der Waals surface area contributed by atoms with Gasteiger partial charge in [0.2, 0.25) is 0 Å². The highest BCUT2D eigenvalue weighted by Crippen LogP contribution is 2.77. The number of fused-ring (bicyclic) bond motifs is 7. The zero-order valence-corrected chi connectivity index (χ0v) is 23.4. The molecular weight excluding hydrogens is 416 g/mol. The Hall–Kier alpha value is -0.790. The van der Waals surface area contributed by atoms with Crippen molar-refractivity contribution in [2.45, 2.75) is 119 Å². The lowest BCUT2D eigenvalue weighted by atomic mass is 9.32. The summed E-state index contributed by atoms with van der Waals surface area (Å²) in [4.78, 5) is 11.9. The number of carbonyl (C=O) groups is 1. The van der Waals surface area contributed by atoms with Crippen LogP contribution >= 0.6 is 0 Å². The fourth-order valence-electron chi connectivity index (χ4n) is 11.9. The number of hydrogen-bond donors (Lipinski definition) is 0. The summed E-state index contributed by atoms with van der Waals surface area (Å²) in [5.74, 6) is 3.59. The largest absolute Gasteiger partial charge is 0.465 e. The molecule has 0 bridgehead atoms. The summed E-state index contributed by atoms with van der Waals surface area (Å²) < 4.78 is 5.80. The van der Waals surface area contributed by atoms with Gasteiger partial charge in [-0.2, -0.15) is 0 Å². The Balaban J connectivity index is 1.53. The predicted octanol–water partition coefficient (Wildman–Crippen LogP) is 8.60. The van der Waals surface area contributed by atoms with Crippen LogP contribution < -0.4 is 0 Å². The highest BCUT2D eigenvalue weighted by atomic mass is 16.5. The topological polar surface area (TPSA) is 26.3 Å². The molecule has 0 saturated heterocycles. The van der Waals surface area contributed by atoms with Gasteiger partial charge in [0.05, 0.1) is 6.61 Å². The molecule has 2 heteroatoms. The molecule has 34 heavy (non-hydrogen) atoms. The average Bonchev–Trinajstić information content (AvgIpc) is 3.12. The van der Waals surface area contributed by atoms with Crippen LogP contribution in [-0.4, -0.2) is 12.6 Å². The van der Waals surface area contributed by atoms with Crippen LogP contribution in [0.3, 0.4) is 0 Å². The van der Waals surface area contributed by atoms with Crippen LogP contribution in [0.1, 0.15) is 119 Å². The van der Waals surface area contributed by atoms with Gasteiger partial charge in [-0.3, -0.25) is 4.79 Å². The molecule has 0 aromatic carbocycles. The van der Waals surface area contributed by atoms with Gasteiger partial charge in [-0.25, -0.2) is 0 Å². The van der Waals surface area contributed by atoms with Crippen LogP contribution in [0.4, 0.5) is 0 Å². The minimum Gasteiger partial charge on any atom is -0.465 e. The molecule has 0 amide bonds. The summed E-state index contributed by atoms with van der Waals surface area (Å²) in [6, 6.07) is 0. The first-order valence-corrected chi connectivity index (χ1v) is 14.6. The second-order valence-corrected chi connectivity index (χ2v) is 15.2. The summed E-state index contributed by atoms with van der Waals surface area (Å²) in [5, 5.41) is 0. The van der Waals surface area contributed by atoms with Gasteiger partial charge in [-0.05, 0) is 122 Å². The Labute approximate surface area is 210 Å². The van der Waals surface area contributed by atoms with Gasteiger partial charge >= 0.3 is 5.97 Å². The van der Waals surface area contributed by atoms with E-state index in [1.54, 1.807) is 6.92 Å². The molecule has 0 aromatic rings. The van der Waals surface area contributed by atoms with Crippen molar-refractivity contribution in [3.8, 4) is 0 Å². The third-order valence-corrected chi connectivity index (χ3v) is 13.5. The van der Waals surface area contributed by atoms with Crippen molar-refractivity contribution in [2.24, 2.45) is 56.7 Å². The molecule has 192 valence electrons. The van der Waals surface area contributed by atoms with Crippen molar-refractivity contribution < 1.29 is 9.53 Å². The number of ether oxygens (including phenoxy) is 1. The van der Waals surface area contributed by atoms with Gasteiger partial charge in [0.15, 0.2) is 0 Å². The standard InChI is InChI=1S/C32H52O2/c1-21(2)23-12-17-32(20-34-22(3)33)19-18-30(7)24(27(23)32)10-11-26-29(6)15-9-14-28(4,5)25(29)13-16-31(26,30)8/h23-27H,1,9-20H2,2-8H3. The van der Waals surface area contributed by atoms with Crippen molar-refractivity contribution in [2.75, 3.05) is 6.61 Å². The molecule has 0 spiro atoms. The first-order chi connectivity index (χ1) is 15.8. The van der Waals surface area contributed by atoms with E-state index < -0.39 is 0 Å². The number of carbonyl (C=O) groups excluding carboxylic acids is 1. The molecule has 9 atom stereocenters. The summed E-state index contributed by atoms with van der Waals surface area (Å²) >= 11 is 0. The Morgan fingerprint density at radius 3 is 2.24 bits per heavy atom. The van der Waals surface area contributed by atoms with Crippen molar-refractivity contribution in [3.63, 3.8) is 0 Å². The second kappa shape index (κ2) is 7.85. The Morgan fingerprint density at radius 2 is 1.56 bits per heavy atom. The van der Waals surface area contributed by atoms with Crippen molar-refractivity contribution in [1.29, 1.82) is 0 Å². The van der Waals surface area contributed by atoms with E-state index in [1.807, 2.05) is 0 Å². The molecule has 0 N–H and O–H groups in total. The lowest BCUT2D eigenvalue weighted by Crippen LogP contribution is -2.65. The van der Waals surface area contributed by atoms with E-state index in [9.17, 15) is 4.79 Å². The fourth-order valence-corrected chi connectivity index (χ4v) is 11.9. The number of hydrogen-bond acceptors (Lipinski definition) is 2. The Bertz CT molecular complexity index is 857. The van der Waals surface area contributed by atoms with E-state index in [2.05, 4.69) is 48.1 Å². The summed E-state index contributed by atoms with van der Waals surface area (Å²) in [7, 11) is 0. The first-order valence-electron chi connectivity index (χ1n) is 14.6. The van der Waals surface area contributed by atoms with Gasteiger partial charge in [0, 0.05) is 12.3 Å². The van der Waals surface area contributed by atoms with E-state index in [-0.39, 0.29) is 11.4 Å². The third-order valence-electron chi connectivity index (χ3n) is 13.5. The molecule has 5 aliphatic rings. The molecule has 5 aliphatic carbocycles. The molecule has 5 saturated carbocycles. The normalized spacial score (nSPS) is 51.4. The number of allylic oxidation sites excluding steroid dienone is 1. The zero-order chi connectivity index (χ0) is 24.7. The quantitative estimate of drug-likeness (QED) is 0.306. The molecule has 9 unspecified atom stereocenters. The SMILES string of the molecule is C=C(C)C1CCC2(COC(C)=O)CCC3(C)C(CCC4C5(C)CCCC(C)(C)C5CCC43C)C12. The minimum absolute atomic E-state index is 0.109. The molecule has 0 radical (unpaired) electrons. The van der Waals surface area contributed by atoms with Crippen LogP contribution in [0.5, 0.6) is 0 Å². The molecule has 5 rings (SSSR count). The van der Waals surface area contributed by atoms with Gasteiger partial charge in [-0.1, -0.05) is 53.2 Å². The highest BCUT2D eigenvalue weighted by molar-refractivity contribution is 5.65. The average molecular weight is 469 g/mol. The van der Waals surface area contributed by atoms with Gasteiger partial charge in [-0.15, -0.1) is 0 Å². The lowest BCUT2D eigenvalue weighted by molar-refractivity contribution is -0.239. The molecule has 0 aromatic heterocycles. The Morgan fingerprint density at radius 1 is 0.824 bits per heavy atom. The first kappa shape index (κ1) is 24.9. The van der Waals surface area contributed by atoms with E-state index >= 15 is 0 Å². The fraction of sp³-hybridized carbons (Fsp3) is 0.906.